The van der Waals surface area contributed by atoms with Gasteiger partial charge >= 0.3 is 0 Å². The molecule has 1 atom stereocenters. The number of hydrogen-bond acceptors (Lipinski definition) is 4. The highest BCUT2D eigenvalue weighted by atomic mass is 79.9. The van der Waals surface area contributed by atoms with Gasteiger partial charge in [-0.15, -0.1) is 0 Å². The summed E-state index contributed by atoms with van der Waals surface area (Å²) in [6, 6.07) is 16.6. The molecule has 0 aliphatic rings. The number of rotatable bonds is 6. The molecule has 0 saturated heterocycles. The summed E-state index contributed by atoms with van der Waals surface area (Å²) in [5.74, 6) is 0.633. The molecular formula is C16H15BrN2O2. The summed E-state index contributed by atoms with van der Waals surface area (Å²) in [6.45, 7) is 0.572. The van der Waals surface area contributed by atoms with Crippen LogP contribution in [-0.4, -0.2) is 24.4 Å². The first-order chi connectivity index (χ1) is 10.2. The van der Waals surface area contributed by atoms with E-state index in [1.807, 2.05) is 30.3 Å². The van der Waals surface area contributed by atoms with Crippen LogP contribution in [-0.2, 0) is 0 Å². The van der Waals surface area contributed by atoms with Gasteiger partial charge in [0.25, 0.3) is 0 Å². The number of ether oxygens (including phenoxy) is 1. The smallest absolute Gasteiger partial charge is 0.119 e. The number of nitriles is 1. The molecule has 0 aliphatic heterocycles. The first-order valence-electron chi connectivity index (χ1n) is 6.48. The van der Waals surface area contributed by atoms with Crippen LogP contribution in [0.3, 0.4) is 0 Å². The predicted octanol–water partition coefficient (Wildman–Crippen LogP) is 3.17. The second kappa shape index (κ2) is 7.67. The Kier molecular flexibility index (Phi) is 5.61. The summed E-state index contributed by atoms with van der Waals surface area (Å²) >= 11 is 3.43. The van der Waals surface area contributed by atoms with Gasteiger partial charge in [-0.3, -0.25) is 0 Å². The minimum Gasteiger partial charge on any atom is -0.491 e. The molecule has 0 aromatic heterocycles. The van der Waals surface area contributed by atoms with Crippen LogP contribution < -0.4 is 10.1 Å². The van der Waals surface area contributed by atoms with E-state index in [4.69, 9.17) is 10.00 Å². The van der Waals surface area contributed by atoms with Gasteiger partial charge < -0.3 is 15.2 Å². The summed E-state index contributed by atoms with van der Waals surface area (Å²) < 4.78 is 6.42. The summed E-state index contributed by atoms with van der Waals surface area (Å²) in [4.78, 5) is 0. The molecule has 108 valence electrons. The van der Waals surface area contributed by atoms with Crippen molar-refractivity contribution in [3.05, 3.63) is 58.6 Å². The lowest BCUT2D eigenvalue weighted by molar-refractivity contribution is 0.117. The average Bonchev–Trinajstić information content (AvgIpc) is 2.52. The van der Waals surface area contributed by atoms with E-state index in [-0.39, 0.29) is 6.61 Å². The Balaban J connectivity index is 1.78. The van der Waals surface area contributed by atoms with E-state index < -0.39 is 6.10 Å². The highest BCUT2D eigenvalue weighted by molar-refractivity contribution is 9.10. The van der Waals surface area contributed by atoms with E-state index in [0.717, 1.165) is 10.2 Å². The number of benzene rings is 2. The highest BCUT2D eigenvalue weighted by Gasteiger charge is 2.06. The van der Waals surface area contributed by atoms with Gasteiger partial charge in [-0.25, -0.2) is 0 Å². The van der Waals surface area contributed by atoms with Crippen LogP contribution in [0, 0.1) is 11.3 Å². The van der Waals surface area contributed by atoms with Crippen molar-refractivity contribution in [1.82, 2.24) is 0 Å². The van der Waals surface area contributed by atoms with Crippen LogP contribution in [0.2, 0.25) is 0 Å². The molecule has 0 saturated carbocycles. The first-order valence-corrected chi connectivity index (χ1v) is 7.28. The summed E-state index contributed by atoms with van der Waals surface area (Å²) in [6.07, 6.45) is -0.632. The number of para-hydroxylation sites is 1. The third-order valence-corrected chi connectivity index (χ3v) is 3.52. The van der Waals surface area contributed by atoms with Crippen molar-refractivity contribution in [3.63, 3.8) is 0 Å². The maximum atomic E-state index is 9.91. The fourth-order valence-corrected chi connectivity index (χ4v) is 2.13. The molecule has 0 fully saturated rings. The maximum absolute atomic E-state index is 9.91. The highest BCUT2D eigenvalue weighted by Crippen LogP contribution is 2.21. The van der Waals surface area contributed by atoms with Crippen LogP contribution >= 0.6 is 15.9 Å². The van der Waals surface area contributed by atoms with Crippen molar-refractivity contribution in [2.45, 2.75) is 6.10 Å². The Morgan fingerprint density at radius 3 is 2.57 bits per heavy atom. The summed E-state index contributed by atoms with van der Waals surface area (Å²) in [5, 5.41) is 21.8. The van der Waals surface area contributed by atoms with Crippen LogP contribution in [0.25, 0.3) is 0 Å². The molecule has 0 heterocycles. The summed E-state index contributed by atoms with van der Waals surface area (Å²) in [7, 11) is 0. The van der Waals surface area contributed by atoms with E-state index in [2.05, 4.69) is 21.2 Å². The van der Waals surface area contributed by atoms with Gasteiger partial charge in [0.15, 0.2) is 0 Å². The van der Waals surface area contributed by atoms with E-state index in [0.29, 0.717) is 17.9 Å². The Morgan fingerprint density at radius 1 is 1.19 bits per heavy atom. The van der Waals surface area contributed by atoms with Crippen molar-refractivity contribution in [1.29, 1.82) is 5.26 Å². The van der Waals surface area contributed by atoms with Gasteiger partial charge in [0.05, 0.1) is 11.6 Å². The van der Waals surface area contributed by atoms with Gasteiger partial charge in [-0.2, -0.15) is 5.26 Å². The Labute approximate surface area is 132 Å². The molecule has 0 amide bonds. The molecule has 2 aromatic carbocycles. The molecule has 0 bridgehead atoms. The molecule has 1 unspecified atom stereocenters. The fourth-order valence-electron chi connectivity index (χ4n) is 1.71. The van der Waals surface area contributed by atoms with Gasteiger partial charge in [-0.05, 0) is 52.3 Å². The Bertz CT molecular complexity index is 623. The van der Waals surface area contributed by atoms with E-state index in [1.165, 1.54) is 0 Å². The standard InChI is InChI=1S/C16H15BrN2O2/c17-15-3-1-2-4-16(15)19-10-13(20)11-21-14-7-5-12(9-18)6-8-14/h1-8,13,19-20H,10-11H2. The van der Waals surface area contributed by atoms with Gasteiger partial charge in [0.2, 0.25) is 0 Å². The molecule has 5 heteroatoms. The molecule has 2 rings (SSSR count). The number of aliphatic hydroxyl groups is 1. The van der Waals surface area contributed by atoms with Crippen LogP contribution in [0.1, 0.15) is 5.56 Å². The van der Waals surface area contributed by atoms with Crippen LogP contribution in [0.5, 0.6) is 5.75 Å². The Hall–Kier alpha value is -2.03. The zero-order valence-electron chi connectivity index (χ0n) is 11.3. The lowest BCUT2D eigenvalue weighted by atomic mass is 10.2. The SMILES string of the molecule is N#Cc1ccc(OCC(O)CNc2ccccc2Br)cc1. The Morgan fingerprint density at radius 2 is 1.90 bits per heavy atom. The van der Waals surface area contributed by atoms with Crippen molar-refractivity contribution in [2.24, 2.45) is 0 Å². The number of anilines is 1. The van der Waals surface area contributed by atoms with E-state index >= 15 is 0 Å². The second-order valence-corrected chi connectivity index (χ2v) is 5.32. The average molecular weight is 347 g/mol. The predicted molar refractivity (Wildman–Crippen MR) is 85.3 cm³/mol. The third kappa shape index (κ3) is 4.78. The first kappa shape index (κ1) is 15.4. The lowest BCUT2D eigenvalue weighted by Gasteiger charge is -2.14. The lowest BCUT2D eigenvalue weighted by Crippen LogP contribution is -2.26. The molecule has 0 aliphatic carbocycles. The van der Waals surface area contributed by atoms with Crippen LogP contribution in [0.15, 0.2) is 53.0 Å². The second-order valence-electron chi connectivity index (χ2n) is 4.46. The number of halogens is 1. The number of hydrogen-bond donors (Lipinski definition) is 2. The van der Waals surface area contributed by atoms with Crippen molar-refractivity contribution >= 4 is 21.6 Å². The zero-order valence-corrected chi connectivity index (χ0v) is 12.9. The molecule has 0 radical (unpaired) electrons. The van der Waals surface area contributed by atoms with Crippen LogP contribution in [0.4, 0.5) is 5.69 Å². The van der Waals surface area contributed by atoms with Gasteiger partial charge in [-0.1, -0.05) is 12.1 Å². The molecular weight excluding hydrogens is 332 g/mol. The number of aliphatic hydroxyl groups excluding tert-OH is 1. The fraction of sp³-hybridized carbons (Fsp3) is 0.188. The number of nitrogens with zero attached hydrogens (tertiary/aromatic N) is 1. The quantitative estimate of drug-likeness (QED) is 0.842. The molecule has 0 spiro atoms. The van der Waals surface area contributed by atoms with Gasteiger partial charge in [0.1, 0.15) is 18.5 Å². The monoisotopic (exact) mass is 346 g/mol. The van der Waals surface area contributed by atoms with Crippen molar-refractivity contribution in [2.75, 3.05) is 18.5 Å². The minimum atomic E-state index is -0.632. The molecule has 2 N–H and O–H groups in total. The van der Waals surface area contributed by atoms with E-state index in [1.54, 1.807) is 24.3 Å². The zero-order chi connectivity index (χ0) is 15.1. The van der Waals surface area contributed by atoms with Crippen molar-refractivity contribution < 1.29 is 9.84 Å². The van der Waals surface area contributed by atoms with Crippen molar-refractivity contribution in [3.8, 4) is 11.8 Å². The topological polar surface area (TPSA) is 65.3 Å². The summed E-state index contributed by atoms with van der Waals surface area (Å²) in [5.41, 5.74) is 1.51. The van der Waals surface area contributed by atoms with Gasteiger partial charge in [0, 0.05) is 16.7 Å². The molecule has 4 nitrogen and oxygen atoms in total. The largest absolute Gasteiger partial charge is 0.491 e. The molecule has 21 heavy (non-hydrogen) atoms. The molecule has 2 aromatic rings. The third-order valence-electron chi connectivity index (χ3n) is 2.83. The van der Waals surface area contributed by atoms with E-state index in [9.17, 15) is 5.11 Å². The number of nitrogens with one attached hydrogen (secondary N) is 1. The normalized spacial score (nSPS) is 11.5. The maximum Gasteiger partial charge on any atom is 0.119 e. The minimum absolute atomic E-state index is 0.184.